The molecule has 0 spiro atoms. The van der Waals surface area contributed by atoms with Crippen LogP contribution in [0.5, 0.6) is 11.5 Å². The van der Waals surface area contributed by atoms with E-state index in [2.05, 4.69) is 30.4 Å². The predicted molar refractivity (Wildman–Crippen MR) is 127 cm³/mol. The van der Waals surface area contributed by atoms with Crippen LogP contribution in [0.25, 0.3) is 10.9 Å². The minimum Gasteiger partial charge on any atom is -0.497 e. The van der Waals surface area contributed by atoms with Gasteiger partial charge in [0.05, 0.1) is 30.2 Å². The third kappa shape index (κ3) is 4.73. The molecular formula is C24H27FN6O3. The Morgan fingerprint density at radius 1 is 1.21 bits per heavy atom. The standard InChI is InChI=1S/C24H27FN6O3/c1-33-17-3-4-20-18(12-17)23(19(25)14-27-20)31-10-8-30(9-11-31)7-6-26-13-16-2-5-21-24(28-16)29-22(32)15-34-21/h2-5,12,14,26H,6-11,13,15H2,1H3,(H,28,29,32). The average molecular weight is 467 g/mol. The fourth-order valence-corrected chi connectivity index (χ4v) is 4.33. The molecule has 4 heterocycles. The highest BCUT2D eigenvalue weighted by Crippen LogP contribution is 2.32. The molecule has 0 saturated carbocycles. The van der Waals surface area contributed by atoms with Gasteiger partial charge in [-0.3, -0.25) is 14.7 Å². The van der Waals surface area contributed by atoms with E-state index < -0.39 is 0 Å². The van der Waals surface area contributed by atoms with Crippen molar-refractivity contribution in [1.29, 1.82) is 0 Å². The number of hydrogen-bond donors (Lipinski definition) is 2. The Balaban J connectivity index is 1.13. The molecule has 34 heavy (non-hydrogen) atoms. The summed E-state index contributed by atoms with van der Waals surface area (Å²) >= 11 is 0. The number of nitrogens with zero attached hydrogens (tertiary/aromatic N) is 4. The van der Waals surface area contributed by atoms with Gasteiger partial charge >= 0.3 is 0 Å². The van der Waals surface area contributed by atoms with Gasteiger partial charge in [0.2, 0.25) is 0 Å². The second kappa shape index (κ2) is 9.78. The van der Waals surface area contributed by atoms with Gasteiger partial charge in [0, 0.05) is 51.2 Å². The van der Waals surface area contributed by atoms with E-state index >= 15 is 0 Å². The van der Waals surface area contributed by atoms with Gasteiger partial charge in [-0.2, -0.15) is 0 Å². The first-order valence-electron chi connectivity index (χ1n) is 11.3. The zero-order valence-corrected chi connectivity index (χ0v) is 19.0. The number of hydrogen-bond acceptors (Lipinski definition) is 8. The number of carbonyl (C=O) groups is 1. The van der Waals surface area contributed by atoms with E-state index in [-0.39, 0.29) is 18.3 Å². The molecule has 10 heteroatoms. The van der Waals surface area contributed by atoms with Crippen molar-refractivity contribution in [3.05, 3.63) is 48.0 Å². The maximum Gasteiger partial charge on any atom is 0.263 e. The number of aromatic nitrogens is 2. The van der Waals surface area contributed by atoms with Crippen molar-refractivity contribution in [3.63, 3.8) is 0 Å². The molecule has 2 N–H and O–H groups in total. The Hall–Kier alpha value is -3.50. The van der Waals surface area contributed by atoms with Crippen LogP contribution in [0.3, 0.4) is 0 Å². The molecular weight excluding hydrogens is 439 g/mol. The van der Waals surface area contributed by atoms with Crippen molar-refractivity contribution in [1.82, 2.24) is 20.2 Å². The quantitative estimate of drug-likeness (QED) is 0.511. The second-order valence-electron chi connectivity index (χ2n) is 8.33. The highest BCUT2D eigenvalue weighted by Gasteiger charge is 2.22. The van der Waals surface area contributed by atoms with Crippen LogP contribution in [0.4, 0.5) is 15.9 Å². The first-order chi connectivity index (χ1) is 16.6. The highest BCUT2D eigenvalue weighted by molar-refractivity contribution is 5.94. The molecule has 2 aliphatic rings. The third-order valence-corrected chi connectivity index (χ3v) is 6.13. The van der Waals surface area contributed by atoms with E-state index in [0.29, 0.717) is 29.5 Å². The number of pyridine rings is 2. The molecule has 2 aromatic heterocycles. The largest absolute Gasteiger partial charge is 0.497 e. The second-order valence-corrected chi connectivity index (χ2v) is 8.33. The fourth-order valence-electron chi connectivity index (χ4n) is 4.33. The van der Waals surface area contributed by atoms with Gasteiger partial charge in [-0.15, -0.1) is 0 Å². The molecule has 5 rings (SSSR count). The number of halogens is 1. The topological polar surface area (TPSA) is 91.9 Å². The first-order valence-corrected chi connectivity index (χ1v) is 11.3. The lowest BCUT2D eigenvalue weighted by molar-refractivity contribution is -0.118. The predicted octanol–water partition coefficient (Wildman–Crippen LogP) is 2.02. The summed E-state index contributed by atoms with van der Waals surface area (Å²) in [5, 5.41) is 6.90. The van der Waals surface area contributed by atoms with E-state index in [1.54, 1.807) is 7.11 Å². The molecule has 1 fully saturated rings. The summed E-state index contributed by atoms with van der Waals surface area (Å²) in [7, 11) is 1.61. The van der Waals surface area contributed by atoms with Crippen LogP contribution < -0.4 is 25.0 Å². The number of fused-ring (bicyclic) bond motifs is 2. The smallest absolute Gasteiger partial charge is 0.263 e. The maximum atomic E-state index is 14.8. The van der Waals surface area contributed by atoms with E-state index in [1.165, 1.54) is 6.20 Å². The fraction of sp³-hybridized carbons (Fsp3) is 0.375. The number of piperazine rings is 1. The molecule has 1 amide bonds. The Kier molecular flexibility index (Phi) is 6.41. The van der Waals surface area contributed by atoms with Gasteiger partial charge in [-0.25, -0.2) is 9.37 Å². The number of nitrogens with one attached hydrogen (secondary N) is 2. The summed E-state index contributed by atoms with van der Waals surface area (Å²) < 4.78 is 25.4. The van der Waals surface area contributed by atoms with Crippen LogP contribution in [-0.4, -0.2) is 73.8 Å². The minimum absolute atomic E-state index is 0.0256. The number of anilines is 2. The zero-order chi connectivity index (χ0) is 23.5. The van der Waals surface area contributed by atoms with Crippen LogP contribution in [-0.2, 0) is 11.3 Å². The third-order valence-electron chi connectivity index (χ3n) is 6.13. The average Bonchev–Trinajstić information content (AvgIpc) is 2.86. The van der Waals surface area contributed by atoms with E-state index in [9.17, 15) is 9.18 Å². The molecule has 9 nitrogen and oxygen atoms in total. The number of methoxy groups -OCH3 is 1. The van der Waals surface area contributed by atoms with E-state index in [4.69, 9.17) is 9.47 Å². The molecule has 2 aliphatic heterocycles. The van der Waals surface area contributed by atoms with Crippen LogP contribution >= 0.6 is 0 Å². The minimum atomic E-state index is -0.310. The number of amides is 1. The lowest BCUT2D eigenvalue weighted by Crippen LogP contribution is -2.48. The van der Waals surface area contributed by atoms with E-state index in [1.807, 2.05) is 30.3 Å². The van der Waals surface area contributed by atoms with Crippen molar-refractivity contribution in [2.45, 2.75) is 6.54 Å². The summed E-state index contributed by atoms with van der Waals surface area (Å²) in [6, 6.07) is 9.27. The van der Waals surface area contributed by atoms with Gasteiger partial charge in [-0.05, 0) is 30.3 Å². The molecule has 0 atom stereocenters. The Bertz CT molecular complexity index is 1200. The summed E-state index contributed by atoms with van der Waals surface area (Å²) in [5.74, 6) is 1.26. The summed E-state index contributed by atoms with van der Waals surface area (Å²) in [6.07, 6.45) is 1.30. The van der Waals surface area contributed by atoms with Crippen LogP contribution in [0.15, 0.2) is 36.5 Å². The van der Waals surface area contributed by atoms with Crippen LogP contribution in [0.1, 0.15) is 5.69 Å². The van der Waals surface area contributed by atoms with Gasteiger partial charge in [0.1, 0.15) is 5.75 Å². The molecule has 1 aromatic carbocycles. The number of carbonyl (C=O) groups excluding carboxylic acids is 1. The van der Waals surface area contributed by atoms with Crippen molar-refractivity contribution in [2.24, 2.45) is 0 Å². The molecule has 0 aliphatic carbocycles. The Morgan fingerprint density at radius 3 is 2.88 bits per heavy atom. The van der Waals surface area contributed by atoms with Crippen LogP contribution in [0.2, 0.25) is 0 Å². The SMILES string of the molecule is COc1ccc2ncc(F)c(N3CCN(CCNCc4ccc5c(n4)NC(=O)CO5)CC3)c2c1. The monoisotopic (exact) mass is 466 g/mol. The highest BCUT2D eigenvalue weighted by atomic mass is 19.1. The molecule has 3 aromatic rings. The van der Waals surface area contributed by atoms with Gasteiger partial charge in [-0.1, -0.05) is 0 Å². The van der Waals surface area contributed by atoms with Gasteiger partial charge in [0.15, 0.2) is 24.0 Å². The van der Waals surface area contributed by atoms with Crippen molar-refractivity contribution < 1.29 is 18.7 Å². The Morgan fingerprint density at radius 2 is 2.06 bits per heavy atom. The summed E-state index contributed by atoms with van der Waals surface area (Å²) in [5.41, 5.74) is 2.19. The normalized spacial score (nSPS) is 16.2. The van der Waals surface area contributed by atoms with Crippen molar-refractivity contribution in [2.75, 3.05) is 63.2 Å². The van der Waals surface area contributed by atoms with Gasteiger partial charge < -0.3 is 25.0 Å². The molecule has 0 bridgehead atoms. The zero-order valence-electron chi connectivity index (χ0n) is 19.0. The number of benzene rings is 1. The maximum absolute atomic E-state index is 14.8. The van der Waals surface area contributed by atoms with Gasteiger partial charge in [0.25, 0.3) is 5.91 Å². The number of ether oxygens (including phenoxy) is 2. The number of rotatable bonds is 7. The summed E-state index contributed by atoms with van der Waals surface area (Å²) in [6.45, 7) is 5.46. The summed E-state index contributed by atoms with van der Waals surface area (Å²) in [4.78, 5) is 24.6. The van der Waals surface area contributed by atoms with Crippen LogP contribution in [0, 0.1) is 5.82 Å². The molecule has 1 saturated heterocycles. The molecule has 0 radical (unpaired) electrons. The Labute approximate surface area is 196 Å². The van der Waals surface area contributed by atoms with E-state index in [0.717, 1.165) is 55.9 Å². The lowest BCUT2D eigenvalue weighted by atomic mass is 10.1. The molecule has 0 unspecified atom stereocenters. The van der Waals surface area contributed by atoms with Crippen molar-refractivity contribution in [3.8, 4) is 11.5 Å². The lowest BCUT2D eigenvalue weighted by Gasteiger charge is -2.36. The first kappa shape index (κ1) is 22.3. The van der Waals surface area contributed by atoms with Crippen molar-refractivity contribution >= 4 is 28.3 Å². The molecule has 178 valence electrons.